The molecule has 0 aliphatic heterocycles. The molecule has 1 unspecified atom stereocenters. The fourth-order valence-electron chi connectivity index (χ4n) is 2.76. The van der Waals surface area contributed by atoms with Crippen molar-refractivity contribution in [3.05, 3.63) is 90.0 Å². The van der Waals surface area contributed by atoms with E-state index in [-0.39, 0.29) is 6.61 Å². The van der Waals surface area contributed by atoms with Crippen LogP contribution in [-0.4, -0.2) is 17.8 Å². The Bertz CT molecular complexity index is 764. The third-order valence-corrected chi connectivity index (χ3v) is 3.89. The van der Waals surface area contributed by atoms with Crippen LogP contribution in [0.3, 0.4) is 0 Å². The van der Waals surface area contributed by atoms with Gasteiger partial charge in [-0.15, -0.1) is 0 Å². The van der Waals surface area contributed by atoms with Gasteiger partial charge in [-0.2, -0.15) is 0 Å². The molecule has 0 fully saturated rings. The molecular weight excluding hydrogens is 296 g/mol. The third kappa shape index (κ3) is 4.03. The molecule has 2 heteroatoms. The molecule has 0 aliphatic rings. The average molecular weight is 318 g/mol. The Morgan fingerprint density at radius 1 is 0.833 bits per heavy atom. The van der Waals surface area contributed by atoms with Crippen molar-refractivity contribution < 1.29 is 9.84 Å². The fourth-order valence-corrected chi connectivity index (χ4v) is 2.76. The van der Waals surface area contributed by atoms with Crippen molar-refractivity contribution in [3.63, 3.8) is 0 Å². The highest BCUT2D eigenvalue weighted by Gasteiger charge is 2.13. The molecule has 0 bridgehead atoms. The van der Waals surface area contributed by atoms with Crippen LogP contribution in [0, 0.1) is 0 Å². The van der Waals surface area contributed by atoms with Gasteiger partial charge in [0.2, 0.25) is 0 Å². The number of aliphatic hydroxyl groups excluding tert-OH is 1. The van der Waals surface area contributed by atoms with Gasteiger partial charge in [-0.05, 0) is 23.6 Å². The van der Waals surface area contributed by atoms with Gasteiger partial charge in [-0.3, -0.25) is 0 Å². The minimum Gasteiger partial charge on any atom is -0.490 e. The van der Waals surface area contributed by atoms with Crippen LogP contribution < -0.4 is 4.74 Å². The van der Waals surface area contributed by atoms with Gasteiger partial charge < -0.3 is 9.84 Å². The van der Waals surface area contributed by atoms with Gasteiger partial charge in [0.25, 0.3) is 0 Å². The number of rotatable bonds is 6. The van der Waals surface area contributed by atoms with Crippen LogP contribution >= 0.6 is 0 Å². The van der Waals surface area contributed by atoms with E-state index in [2.05, 4.69) is 42.5 Å². The standard InChI is InChI=1S/C22H22O2/c1-17(23)16-24-22-20(15-18-9-4-2-5-10-18)13-8-14-21(22)19-11-6-3-7-12-19/h2-14,17,23H,15-16H2,1H3. The van der Waals surface area contributed by atoms with E-state index in [9.17, 15) is 5.11 Å². The Kier molecular flexibility index (Phi) is 5.29. The Labute approximate surface area is 143 Å². The van der Waals surface area contributed by atoms with Crippen LogP contribution in [-0.2, 0) is 6.42 Å². The predicted molar refractivity (Wildman–Crippen MR) is 98.3 cm³/mol. The zero-order valence-electron chi connectivity index (χ0n) is 13.9. The SMILES string of the molecule is CC(O)COc1c(Cc2ccccc2)cccc1-c1ccccc1. The first kappa shape index (κ1) is 16.3. The van der Waals surface area contributed by atoms with Gasteiger partial charge in [0.1, 0.15) is 12.4 Å². The number of aliphatic hydroxyl groups is 1. The highest BCUT2D eigenvalue weighted by Crippen LogP contribution is 2.34. The second-order valence-corrected chi connectivity index (χ2v) is 5.98. The summed E-state index contributed by atoms with van der Waals surface area (Å²) in [6, 6.07) is 26.8. The third-order valence-electron chi connectivity index (χ3n) is 3.89. The molecule has 0 aromatic heterocycles. The maximum Gasteiger partial charge on any atom is 0.130 e. The maximum absolute atomic E-state index is 9.63. The highest BCUT2D eigenvalue weighted by atomic mass is 16.5. The van der Waals surface area contributed by atoms with Crippen LogP contribution in [0.4, 0.5) is 0 Å². The van der Waals surface area contributed by atoms with Crippen molar-refractivity contribution in [1.82, 2.24) is 0 Å². The smallest absolute Gasteiger partial charge is 0.130 e. The van der Waals surface area contributed by atoms with E-state index in [1.54, 1.807) is 6.92 Å². The van der Waals surface area contributed by atoms with Crippen molar-refractivity contribution in [2.24, 2.45) is 0 Å². The minimum atomic E-state index is -0.501. The van der Waals surface area contributed by atoms with Crippen LogP contribution in [0.1, 0.15) is 18.1 Å². The molecule has 0 amide bonds. The largest absolute Gasteiger partial charge is 0.490 e. The average Bonchev–Trinajstić information content (AvgIpc) is 2.62. The minimum absolute atomic E-state index is 0.283. The molecule has 0 radical (unpaired) electrons. The van der Waals surface area contributed by atoms with Gasteiger partial charge in [0, 0.05) is 12.0 Å². The predicted octanol–water partition coefficient (Wildman–Crippen LogP) is 4.70. The first-order valence-corrected chi connectivity index (χ1v) is 8.26. The second-order valence-electron chi connectivity index (χ2n) is 5.98. The van der Waals surface area contributed by atoms with Crippen molar-refractivity contribution in [2.45, 2.75) is 19.4 Å². The van der Waals surface area contributed by atoms with E-state index in [0.29, 0.717) is 0 Å². The lowest BCUT2D eigenvalue weighted by Gasteiger charge is -2.17. The quantitative estimate of drug-likeness (QED) is 0.713. The number of benzene rings is 3. The van der Waals surface area contributed by atoms with Gasteiger partial charge >= 0.3 is 0 Å². The molecule has 122 valence electrons. The molecule has 0 saturated heterocycles. The molecule has 3 aromatic carbocycles. The molecule has 24 heavy (non-hydrogen) atoms. The summed E-state index contributed by atoms with van der Waals surface area (Å²) in [5.41, 5.74) is 4.55. The summed E-state index contributed by atoms with van der Waals surface area (Å²) in [6.07, 6.45) is 0.301. The van der Waals surface area contributed by atoms with Crippen LogP contribution in [0.2, 0.25) is 0 Å². The van der Waals surface area contributed by atoms with Crippen molar-refractivity contribution >= 4 is 0 Å². The Balaban J connectivity index is 2.01. The molecule has 0 spiro atoms. The summed E-state index contributed by atoms with van der Waals surface area (Å²) in [7, 11) is 0. The molecule has 3 aromatic rings. The Morgan fingerprint density at radius 3 is 2.17 bits per heavy atom. The van der Waals surface area contributed by atoms with Gasteiger partial charge in [-0.1, -0.05) is 78.9 Å². The first-order chi connectivity index (χ1) is 11.7. The van der Waals surface area contributed by atoms with Gasteiger partial charge in [0.15, 0.2) is 0 Å². The fraction of sp³-hybridized carbons (Fsp3) is 0.182. The van der Waals surface area contributed by atoms with E-state index in [4.69, 9.17) is 4.74 Å². The van der Waals surface area contributed by atoms with Gasteiger partial charge in [0.05, 0.1) is 6.10 Å². The van der Waals surface area contributed by atoms with Crippen LogP contribution in [0.25, 0.3) is 11.1 Å². The van der Waals surface area contributed by atoms with E-state index in [0.717, 1.165) is 28.9 Å². The van der Waals surface area contributed by atoms with E-state index >= 15 is 0 Å². The molecule has 0 heterocycles. The number of hydrogen-bond donors (Lipinski definition) is 1. The molecule has 2 nitrogen and oxygen atoms in total. The van der Waals surface area contributed by atoms with Crippen molar-refractivity contribution in [1.29, 1.82) is 0 Å². The van der Waals surface area contributed by atoms with Crippen molar-refractivity contribution in [2.75, 3.05) is 6.61 Å². The highest BCUT2D eigenvalue weighted by molar-refractivity contribution is 5.72. The Hall–Kier alpha value is -2.58. The topological polar surface area (TPSA) is 29.5 Å². The summed E-state index contributed by atoms with van der Waals surface area (Å²) in [5.74, 6) is 0.855. The summed E-state index contributed by atoms with van der Waals surface area (Å²) in [6.45, 7) is 2.02. The Morgan fingerprint density at radius 2 is 1.50 bits per heavy atom. The van der Waals surface area contributed by atoms with E-state index < -0.39 is 6.10 Å². The second kappa shape index (κ2) is 7.80. The normalized spacial score (nSPS) is 11.9. The lowest BCUT2D eigenvalue weighted by atomic mass is 9.97. The molecule has 3 rings (SSSR count). The first-order valence-electron chi connectivity index (χ1n) is 8.26. The van der Waals surface area contributed by atoms with E-state index in [1.807, 2.05) is 36.4 Å². The number of para-hydroxylation sites is 1. The summed E-state index contributed by atoms with van der Waals surface area (Å²) < 4.78 is 6.01. The van der Waals surface area contributed by atoms with E-state index in [1.165, 1.54) is 5.56 Å². The maximum atomic E-state index is 9.63. The monoisotopic (exact) mass is 318 g/mol. The lowest BCUT2D eigenvalue weighted by molar-refractivity contribution is 0.122. The van der Waals surface area contributed by atoms with Crippen LogP contribution in [0.15, 0.2) is 78.9 Å². The molecule has 0 saturated carbocycles. The molecule has 1 N–H and O–H groups in total. The molecular formula is C22H22O2. The molecule has 0 aliphatic carbocycles. The summed E-state index contributed by atoms with van der Waals surface area (Å²) in [5, 5.41) is 9.63. The zero-order valence-corrected chi connectivity index (χ0v) is 13.9. The zero-order chi connectivity index (χ0) is 16.8. The molecule has 1 atom stereocenters. The lowest BCUT2D eigenvalue weighted by Crippen LogP contribution is -2.14. The number of ether oxygens (including phenoxy) is 1. The van der Waals surface area contributed by atoms with Gasteiger partial charge in [-0.25, -0.2) is 0 Å². The summed E-state index contributed by atoms with van der Waals surface area (Å²) >= 11 is 0. The number of hydrogen-bond acceptors (Lipinski definition) is 2. The van der Waals surface area contributed by atoms with Crippen LogP contribution in [0.5, 0.6) is 5.75 Å². The summed E-state index contributed by atoms with van der Waals surface area (Å²) in [4.78, 5) is 0. The van der Waals surface area contributed by atoms with Crippen molar-refractivity contribution in [3.8, 4) is 16.9 Å².